The van der Waals surface area contributed by atoms with Gasteiger partial charge in [-0.1, -0.05) is 72.5 Å². The molecule has 9 heteroatoms. The molecule has 0 aliphatic carbocycles. The molecule has 0 saturated heterocycles. The normalized spacial score (nSPS) is 13.6. The number of esters is 1. The molecule has 1 unspecified atom stereocenters. The molecule has 0 radical (unpaired) electrons. The van der Waals surface area contributed by atoms with Gasteiger partial charge in [-0.3, -0.25) is 14.4 Å². The van der Waals surface area contributed by atoms with Crippen molar-refractivity contribution < 1.29 is 28.7 Å². The van der Waals surface area contributed by atoms with E-state index in [0.717, 1.165) is 11.1 Å². The Kier molecular flexibility index (Phi) is 11.6. The first-order valence-electron chi connectivity index (χ1n) is 15.5. The average Bonchev–Trinajstić information content (AvgIpc) is 3.12. The van der Waals surface area contributed by atoms with Crippen LogP contribution >= 0.6 is 0 Å². The molecule has 3 aromatic carbocycles. The molecule has 3 amide bonds. The zero-order chi connectivity index (χ0) is 33.1. The standard InChI is InChI=1S/C37H41N3O6/c1-5-45-34(42)24-32(29-18-12-7-13-19-29)40-26-33(41)39(25-28-16-9-6-10-17-28)31-21-20-27(23-30(31)35(40)43)15-11-8-14-22-38-36(44)46-37(2,3)4/h6-7,9-10,12-13,16-21,23,32H,5,8,14,22,24-26H2,1-4H3,(H,38,44). The molecule has 3 aromatic rings. The van der Waals surface area contributed by atoms with Crippen molar-refractivity contribution in [2.75, 3.05) is 24.6 Å². The van der Waals surface area contributed by atoms with Crippen LogP contribution in [0.4, 0.5) is 10.5 Å². The number of fused-ring (bicyclic) bond motifs is 1. The number of nitrogens with one attached hydrogen (secondary N) is 1. The van der Waals surface area contributed by atoms with E-state index in [9.17, 15) is 19.2 Å². The number of carbonyl (C=O) groups excluding carboxylic acids is 4. The lowest BCUT2D eigenvalue weighted by Crippen LogP contribution is -2.41. The quantitative estimate of drug-likeness (QED) is 0.168. The third kappa shape index (κ3) is 9.45. The number of hydrogen-bond acceptors (Lipinski definition) is 6. The van der Waals surface area contributed by atoms with Crippen molar-refractivity contribution in [2.24, 2.45) is 0 Å². The summed E-state index contributed by atoms with van der Waals surface area (Å²) in [6.07, 6.45) is 0.569. The predicted octanol–water partition coefficient (Wildman–Crippen LogP) is 6.03. The van der Waals surface area contributed by atoms with Crippen molar-refractivity contribution in [2.45, 2.75) is 65.1 Å². The molecule has 46 heavy (non-hydrogen) atoms. The van der Waals surface area contributed by atoms with Crippen molar-refractivity contribution in [1.29, 1.82) is 0 Å². The maximum Gasteiger partial charge on any atom is 0.407 e. The van der Waals surface area contributed by atoms with Crippen LogP contribution in [0.25, 0.3) is 0 Å². The fourth-order valence-corrected chi connectivity index (χ4v) is 5.11. The summed E-state index contributed by atoms with van der Waals surface area (Å²) in [5, 5.41) is 2.72. The summed E-state index contributed by atoms with van der Waals surface area (Å²) in [4.78, 5) is 56.0. The zero-order valence-corrected chi connectivity index (χ0v) is 26.9. The van der Waals surface area contributed by atoms with Crippen molar-refractivity contribution in [3.63, 3.8) is 0 Å². The molecule has 1 aliphatic heterocycles. The van der Waals surface area contributed by atoms with Crippen LogP contribution in [0.2, 0.25) is 0 Å². The summed E-state index contributed by atoms with van der Waals surface area (Å²) in [6.45, 7) is 7.83. The molecule has 0 spiro atoms. The fourth-order valence-electron chi connectivity index (χ4n) is 5.11. The van der Waals surface area contributed by atoms with Crippen LogP contribution in [-0.4, -0.2) is 54.1 Å². The Bertz CT molecular complexity index is 1590. The second kappa shape index (κ2) is 15.8. The Hall–Kier alpha value is -5.10. The lowest BCUT2D eigenvalue weighted by molar-refractivity contribution is -0.144. The molecule has 9 nitrogen and oxygen atoms in total. The Morgan fingerprint density at radius 1 is 0.978 bits per heavy atom. The lowest BCUT2D eigenvalue weighted by atomic mass is 10.00. The second-order valence-electron chi connectivity index (χ2n) is 11.9. The minimum atomic E-state index is -0.714. The highest BCUT2D eigenvalue weighted by Gasteiger charge is 2.37. The van der Waals surface area contributed by atoms with E-state index in [4.69, 9.17) is 9.47 Å². The highest BCUT2D eigenvalue weighted by molar-refractivity contribution is 6.10. The van der Waals surface area contributed by atoms with Crippen LogP contribution in [0, 0.1) is 11.8 Å². The largest absolute Gasteiger partial charge is 0.466 e. The molecule has 0 saturated carbocycles. The van der Waals surface area contributed by atoms with Crippen LogP contribution < -0.4 is 10.2 Å². The van der Waals surface area contributed by atoms with Gasteiger partial charge in [0.1, 0.15) is 12.1 Å². The summed E-state index contributed by atoms with van der Waals surface area (Å²) in [7, 11) is 0. The van der Waals surface area contributed by atoms with Crippen LogP contribution in [0.3, 0.4) is 0 Å². The maximum atomic E-state index is 14.4. The van der Waals surface area contributed by atoms with Gasteiger partial charge in [0, 0.05) is 18.5 Å². The molecule has 1 atom stereocenters. The fraction of sp³-hybridized carbons (Fsp3) is 0.351. The summed E-state index contributed by atoms with van der Waals surface area (Å²) in [5.41, 5.74) is 2.50. The van der Waals surface area contributed by atoms with Gasteiger partial charge < -0.3 is 24.6 Å². The SMILES string of the molecule is CCOC(=O)CC(c1ccccc1)N1CC(=O)N(Cc2ccccc2)c2ccc(C#CCCCNC(=O)OC(C)(C)C)cc2C1=O. The lowest BCUT2D eigenvalue weighted by Gasteiger charge is -2.30. The molecule has 240 valence electrons. The Labute approximate surface area is 270 Å². The van der Waals surface area contributed by atoms with Gasteiger partial charge in [0.25, 0.3) is 5.91 Å². The number of hydrogen-bond donors (Lipinski definition) is 1. The summed E-state index contributed by atoms with van der Waals surface area (Å²) >= 11 is 0. The van der Waals surface area contributed by atoms with Crippen molar-refractivity contribution in [3.05, 3.63) is 101 Å². The van der Waals surface area contributed by atoms with Crippen molar-refractivity contribution in [1.82, 2.24) is 10.2 Å². The minimum Gasteiger partial charge on any atom is -0.466 e. The third-order valence-corrected chi connectivity index (χ3v) is 7.17. The molecule has 0 fully saturated rings. The second-order valence-corrected chi connectivity index (χ2v) is 11.9. The first-order valence-corrected chi connectivity index (χ1v) is 15.5. The molecule has 0 bridgehead atoms. The van der Waals surface area contributed by atoms with Crippen LogP contribution in [0.15, 0.2) is 78.9 Å². The molecular weight excluding hydrogens is 582 g/mol. The zero-order valence-electron chi connectivity index (χ0n) is 26.9. The number of carbonyl (C=O) groups is 4. The number of ether oxygens (including phenoxy) is 2. The van der Waals surface area contributed by atoms with Gasteiger partial charge >= 0.3 is 12.1 Å². The number of nitrogens with zero attached hydrogens (tertiary/aromatic N) is 2. The molecule has 4 rings (SSSR count). The van der Waals surface area contributed by atoms with E-state index < -0.39 is 23.7 Å². The van der Waals surface area contributed by atoms with Gasteiger partial charge in [-0.05, 0) is 63.4 Å². The van der Waals surface area contributed by atoms with E-state index in [0.29, 0.717) is 36.2 Å². The van der Waals surface area contributed by atoms with E-state index >= 15 is 0 Å². The first-order chi connectivity index (χ1) is 22.1. The van der Waals surface area contributed by atoms with Crippen LogP contribution in [0.5, 0.6) is 0 Å². The molecule has 0 aromatic heterocycles. The number of anilines is 1. The van der Waals surface area contributed by atoms with Gasteiger partial charge in [-0.15, -0.1) is 0 Å². The van der Waals surface area contributed by atoms with Gasteiger partial charge in [-0.2, -0.15) is 0 Å². The number of alkyl carbamates (subject to hydrolysis) is 1. The predicted molar refractivity (Wildman–Crippen MR) is 176 cm³/mol. The summed E-state index contributed by atoms with van der Waals surface area (Å²) in [6, 6.07) is 23.4. The molecule has 1 aliphatic rings. The van der Waals surface area contributed by atoms with E-state index in [-0.39, 0.29) is 37.9 Å². The number of benzene rings is 3. The van der Waals surface area contributed by atoms with E-state index in [1.165, 1.54) is 4.90 Å². The summed E-state index contributed by atoms with van der Waals surface area (Å²) in [5.74, 6) is 5.14. The Morgan fingerprint density at radius 3 is 2.35 bits per heavy atom. The number of rotatable bonds is 10. The van der Waals surface area contributed by atoms with Crippen molar-refractivity contribution in [3.8, 4) is 11.8 Å². The highest BCUT2D eigenvalue weighted by atomic mass is 16.6. The van der Waals surface area contributed by atoms with Gasteiger partial charge in [0.05, 0.1) is 36.9 Å². The first kappa shape index (κ1) is 33.8. The highest BCUT2D eigenvalue weighted by Crippen LogP contribution is 2.34. The van der Waals surface area contributed by atoms with Gasteiger partial charge in [0.2, 0.25) is 5.91 Å². The Balaban J connectivity index is 1.63. The summed E-state index contributed by atoms with van der Waals surface area (Å²) < 4.78 is 10.5. The minimum absolute atomic E-state index is 0.0955. The van der Waals surface area contributed by atoms with Gasteiger partial charge in [-0.25, -0.2) is 4.79 Å². The smallest absolute Gasteiger partial charge is 0.407 e. The molecular formula is C37H41N3O6. The maximum absolute atomic E-state index is 14.4. The number of amides is 3. The average molecular weight is 624 g/mol. The van der Waals surface area contributed by atoms with Crippen molar-refractivity contribution >= 4 is 29.6 Å². The van der Waals surface area contributed by atoms with E-state index in [2.05, 4.69) is 17.2 Å². The van der Waals surface area contributed by atoms with E-state index in [1.54, 1.807) is 30.0 Å². The van der Waals surface area contributed by atoms with Crippen LogP contribution in [-0.2, 0) is 25.6 Å². The molecule has 1 N–H and O–H groups in total. The Morgan fingerprint density at radius 2 is 1.67 bits per heavy atom. The van der Waals surface area contributed by atoms with E-state index in [1.807, 2.05) is 81.4 Å². The monoisotopic (exact) mass is 623 g/mol. The third-order valence-electron chi connectivity index (χ3n) is 7.17. The topological polar surface area (TPSA) is 105 Å². The molecule has 1 heterocycles. The van der Waals surface area contributed by atoms with Gasteiger partial charge in [0.15, 0.2) is 0 Å². The van der Waals surface area contributed by atoms with Crippen LogP contribution in [0.1, 0.15) is 80.0 Å². The number of unbranched alkanes of at least 4 members (excludes halogenated alkanes) is 1.